The van der Waals surface area contributed by atoms with Crippen molar-refractivity contribution >= 4 is 16.6 Å². The van der Waals surface area contributed by atoms with Gasteiger partial charge in [0.25, 0.3) is 0 Å². The van der Waals surface area contributed by atoms with Crippen LogP contribution < -0.4 is 14.8 Å². The minimum absolute atomic E-state index is 0.0174. The molecule has 28 heavy (non-hydrogen) atoms. The zero-order valence-corrected chi connectivity index (χ0v) is 15.3. The van der Waals surface area contributed by atoms with Crippen molar-refractivity contribution in [2.45, 2.75) is 6.10 Å². The van der Waals surface area contributed by atoms with Gasteiger partial charge in [-0.25, -0.2) is 14.5 Å². The number of rotatable bonds is 5. The summed E-state index contributed by atoms with van der Waals surface area (Å²) in [6, 6.07) is 7.33. The lowest BCUT2D eigenvalue weighted by Crippen LogP contribution is -2.41. The highest BCUT2D eigenvalue weighted by Crippen LogP contribution is 2.32. The van der Waals surface area contributed by atoms with E-state index in [0.29, 0.717) is 47.7 Å². The van der Waals surface area contributed by atoms with Crippen LogP contribution in [0.2, 0.25) is 0 Å². The van der Waals surface area contributed by atoms with E-state index in [1.807, 2.05) is 12.1 Å². The fourth-order valence-electron chi connectivity index (χ4n) is 3.23. The molecule has 1 saturated heterocycles. The van der Waals surface area contributed by atoms with Gasteiger partial charge in [0.2, 0.25) is 11.8 Å². The molecule has 0 spiro atoms. The molecule has 0 aromatic carbocycles. The summed E-state index contributed by atoms with van der Waals surface area (Å²) in [6.45, 7) is 2.77. The van der Waals surface area contributed by atoms with E-state index in [1.54, 1.807) is 36.2 Å². The molecule has 5 heterocycles. The van der Waals surface area contributed by atoms with Crippen LogP contribution in [0, 0.1) is 0 Å². The maximum atomic E-state index is 5.97. The summed E-state index contributed by atoms with van der Waals surface area (Å²) in [5.41, 5.74) is 2.10. The molecule has 1 atom stereocenters. The van der Waals surface area contributed by atoms with Gasteiger partial charge in [0, 0.05) is 31.4 Å². The Kier molecular flexibility index (Phi) is 4.30. The Morgan fingerprint density at radius 3 is 3.11 bits per heavy atom. The molecule has 0 bridgehead atoms. The largest absolute Gasteiger partial charge is 0.480 e. The number of ether oxygens (including phenoxy) is 3. The highest BCUT2D eigenvalue weighted by molar-refractivity contribution is 5.86. The van der Waals surface area contributed by atoms with E-state index >= 15 is 0 Å². The fraction of sp³-hybridized carbons (Fsp3) is 0.316. The van der Waals surface area contributed by atoms with E-state index < -0.39 is 0 Å². The predicted octanol–water partition coefficient (Wildman–Crippen LogP) is 1.91. The van der Waals surface area contributed by atoms with Gasteiger partial charge < -0.3 is 23.9 Å². The molecular weight excluding hydrogens is 362 g/mol. The molecule has 1 fully saturated rings. The summed E-state index contributed by atoms with van der Waals surface area (Å²) < 4.78 is 24.5. The van der Waals surface area contributed by atoms with Crippen LogP contribution in [0.1, 0.15) is 0 Å². The second-order valence-corrected chi connectivity index (χ2v) is 6.44. The quantitative estimate of drug-likeness (QED) is 0.560. The van der Waals surface area contributed by atoms with Crippen LogP contribution in [0.5, 0.6) is 11.8 Å². The van der Waals surface area contributed by atoms with Crippen molar-refractivity contribution in [1.82, 2.24) is 24.9 Å². The van der Waals surface area contributed by atoms with E-state index in [9.17, 15) is 0 Å². The third kappa shape index (κ3) is 3.04. The Balaban J connectivity index is 1.46. The molecule has 4 aromatic rings. The first-order valence-electron chi connectivity index (χ1n) is 9.04. The molecule has 0 aliphatic carbocycles. The number of nitrogens with zero attached hydrogens (tertiary/aromatic N) is 4. The van der Waals surface area contributed by atoms with Gasteiger partial charge in [0.15, 0.2) is 11.4 Å². The van der Waals surface area contributed by atoms with Gasteiger partial charge in [-0.05, 0) is 12.1 Å². The van der Waals surface area contributed by atoms with E-state index in [1.165, 1.54) is 0 Å². The van der Waals surface area contributed by atoms with Crippen molar-refractivity contribution in [1.29, 1.82) is 0 Å². The summed E-state index contributed by atoms with van der Waals surface area (Å²) in [5, 5.41) is 8.63. The second-order valence-electron chi connectivity index (χ2n) is 6.44. The van der Waals surface area contributed by atoms with Crippen LogP contribution in [0.25, 0.3) is 28.1 Å². The lowest BCUT2D eigenvalue weighted by molar-refractivity contribution is -0.000968. The average Bonchev–Trinajstić information content (AvgIpc) is 3.36. The van der Waals surface area contributed by atoms with Gasteiger partial charge in [0.05, 0.1) is 25.3 Å². The Morgan fingerprint density at radius 1 is 1.29 bits per heavy atom. The molecule has 0 radical (unpaired) electrons. The van der Waals surface area contributed by atoms with Gasteiger partial charge in [-0.15, -0.1) is 5.10 Å². The summed E-state index contributed by atoms with van der Waals surface area (Å²) in [6.07, 6.45) is 3.39. The molecule has 4 aromatic heterocycles. The SMILES string of the molecule is COc1nccc2oc(-c3cnc4ccc(OC[C@H]5CNCCO5)nn34)cc12. The van der Waals surface area contributed by atoms with Crippen molar-refractivity contribution in [3.63, 3.8) is 0 Å². The van der Waals surface area contributed by atoms with E-state index in [0.717, 1.165) is 18.5 Å². The number of hydrogen-bond acceptors (Lipinski definition) is 8. The molecule has 9 heteroatoms. The molecule has 0 amide bonds. The fourth-order valence-corrected chi connectivity index (χ4v) is 3.23. The minimum atomic E-state index is 0.0174. The Labute approximate surface area is 160 Å². The Morgan fingerprint density at radius 2 is 2.25 bits per heavy atom. The van der Waals surface area contributed by atoms with Crippen molar-refractivity contribution in [3.8, 4) is 23.2 Å². The molecule has 1 aliphatic rings. The maximum Gasteiger partial charge on any atom is 0.231 e. The number of nitrogens with one attached hydrogen (secondary N) is 1. The third-order valence-electron chi connectivity index (χ3n) is 4.61. The van der Waals surface area contributed by atoms with Gasteiger partial charge in [-0.2, -0.15) is 0 Å². The molecule has 1 N–H and O–H groups in total. The third-order valence-corrected chi connectivity index (χ3v) is 4.61. The number of hydrogen-bond donors (Lipinski definition) is 1. The first-order valence-corrected chi connectivity index (χ1v) is 9.04. The smallest absolute Gasteiger partial charge is 0.231 e. The van der Waals surface area contributed by atoms with Crippen LogP contribution in [0.4, 0.5) is 0 Å². The van der Waals surface area contributed by atoms with Crippen LogP contribution in [0.15, 0.2) is 41.1 Å². The lowest BCUT2D eigenvalue weighted by atomic mass is 10.3. The van der Waals surface area contributed by atoms with Crippen LogP contribution >= 0.6 is 0 Å². The van der Waals surface area contributed by atoms with Gasteiger partial charge in [0.1, 0.15) is 24.0 Å². The zero-order valence-electron chi connectivity index (χ0n) is 15.3. The van der Waals surface area contributed by atoms with Crippen molar-refractivity contribution in [3.05, 3.63) is 36.7 Å². The summed E-state index contributed by atoms with van der Waals surface area (Å²) >= 11 is 0. The normalized spacial score (nSPS) is 17.2. The van der Waals surface area contributed by atoms with Crippen molar-refractivity contribution in [2.75, 3.05) is 33.4 Å². The Hall–Kier alpha value is -3.17. The zero-order chi connectivity index (χ0) is 18.9. The number of aromatic nitrogens is 4. The maximum absolute atomic E-state index is 5.97. The second kappa shape index (κ2) is 7.10. The first-order chi connectivity index (χ1) is 13.8. The van der Waals surface area contributed by atoms with Crippen LogP contribution in [-0.2, 0) is 4.74 Å². The van der Waals surface area contributed by atoms with E-state index in [4.69, 9.17) is 18.6 Å². The summed E-state index contributed by atoms with van der Waals surface area (Å²) in [7, 11) is 1.58. The van der Waals surface area contributed by atoms with Crippen molar-refractivity contribution < 1.29 is 18.6 Å². The number of methoxy groups -OCH3 is 1. The van der Waals surface area contributed by atoms with Crippen LogP contribution in [-0.4, -0.2) is 59.1 Å². The number of pyridine rings is 1. The highest BCUT2D eigenvalue weighted by atomic mass is 16.5. The number of fused-ring (bicyclic) bond motifs is 2. The van der Waals surface area contributed by atoms with Crippen LogP contribution in [0.3, 0.4) is 0 Å². The predicted molar refractivity (Wildman–Crippen MR) is 101 cm³/mol. The van der Waals surface area contributed by atoms with Crippen molar-refractivity contribution in [2.24, 2.45) is 0 Å². The van der Waals surface area contributed by atoms with Gasteiger partial charge >= 0.3 is 0 Å². The summed E-state index contributed by atoms with van der Waals surface area (Å²) in [4.78, 5) is 8.61. The molecule has 5 rings (SSSR count). The minimum Gasteiger partial charge on any atom is -0.480 e. The standard InChI is InChI=1S/C19H19N5O4/c1-25-19-13-8-16(28-15(13)4-5-21-19)14-10-22-17-2-3-18(23-24(14)17)27-11-12-9-20-6-7-26-12/h2-5,8,10,12,20H,6-7,9,11H2,1H3/t12-/m1/s1. The number of morpholine rings is 1. The molecule has 9 nitrogen and oxygen atoms in total. The molecule has 0 unspecified atom stereocenters. The molecular formula is C19H19N5O4. The monoisotopic (exact) mass is 381 g/mol. The average molecular weight is 381 g/mol. The topological polar surface area (TPSA) is 95.9 Å². The molecule has 144 valence electrons. The van der Waals surface area contributed by atoms with Gasteiger partial charge in [-0.1, -0.05) is 0 Å². The van der Waals surface area contributed by atoms with E-state index in [2.05, 4.69) is 20.4 Å². The van der Waals surface area contributed by atoms with E-state index in [-0.39, 0.29) is 6.10 Å². The number of furan rings is 1. The number of imidazole rings is 1. The lowest BCUT2D eigenvalue weighted by Gasteiger charge is -2.23. The highest BCUT2D eigenvalue weighted by Gasteiger charge is 2.17. The first kappa shape index (κ1) is 17.0. The molecule has 1 aliphatic heterocycles. The summed E-state index contributed by atoms with van der Waals surface area (Å²) in [5.74, 6) is 1.63. The molecule has 0 saturated carbocycles. The Bertz CT molecular complexity index is 1120. The van der Waals surface area contributed by atoms with Gasteiger partial charge in [-0.3, -0.25) is 0 Å².